The number of carbonyl (C=O) groups is 2. The van der Waals surface area contributed by atoms with Gasteiger partial charge < -0.3 is 19.6 Å². The minimum atomic E-state index is -0.209. The van der Waals surface area contributed by atoms with Gasteiger partial charge in [-0.15, -0.1) is 11.3 Å². The number of rotatable bonds is 4. The summed E-state index contributed by atoms with van der Waals surface area (Å²) in [6.07, 6.45) is 0. The summed E-state index contributed by atoms with van der Waals surface area (Å²) in [6, 6.07) is 16.3. The SMILES string of the molecule is COc1ccc(-c2cc(C(=O)N3CCN(C(=O)c4ccccc4O)CC3)sc2C)cc1. The maximum atomic E-state index is 13.1. The Hall–Kier alpha value is -3.32. The molecule has 3 aromatic rings. The van der Waals surface area contributed by atoms with E-state index in [2.05, 4.69) is 0 Å². The quantitative estimate of drug-likeness (QED) is 0.670. The first-order chi connectivity index (χ1) is 15.0. The smallest absolute Gasteiger partial charge is 0.264 e. The van der Waals surface area contributed by atoms with Crippen LogP contribution in [0, 0.1) is 6.92 Å². The summed E-state index contributed by atoms with van der Waals surface area (Å²) in [5.74, 6) is 0.553. The Bertz CT molecular complexity index is 1100. The van der Waals surface area contributed by atoms with Crippen LogP contribution in [0.15, 0.2) is 54.6 Å². The Morgan fingerprint density at radius 1 is 0.935 bits per heavy atom. The number of phenolic OH excluding ortho intramolecular Hbond substituents is 1. The Kier molecular flexibility index (Phi) is 5.95. The lowest BCUT2D eigenvalue weighted by molar-refractivity contribution is 0.0536. The highest BCUT2D eigenvalue weighted by atomic mass is 32.1. The average Bonchev–Trinajstić information content (AvgIpc) is 3.20. The molecule has 1 aliphatic heterocycles. The molecule has 31 heavy (non-hydrogen) atoms. The van der Waals surface area contributed by atoms with Crippen LogP contribution in [0.5, 0.6) is 11.5 Å². The lowest BCUT2D eigenvalue weighted by Crippen LogP contribution is -2.50. The zero-order chi connectivity index (χ0) is 22.0. The molecule has 2 aromatic carbocycles. The monoisotopic (exact) mass is 436 g/mol. The number of benzene rings is 2. The first-order valence-electron chi connectivity index (χ1n) is 10.1. The van der Waals surface area contributed by atoms with E-state index < -0.39 is 0 Å². The van der Waals surface area contributed by atoms with Gasteiger partial charge in [0.05, 0.1) is 17.6 Å². The number of ether oxygens (including phenoxy) is 1. The second-order valence-electron chi connectivity index (χ2n) is 7.41. The van der Waals surface area contributed by atoms with E-state index in [9.17, 15) is 14.7 Å². The number of piperazine rings is 1. The Balaban J connectivity index is 1.43. The van der Waals surface area contributed by atoms with Crippen molar-refractivity contribution >= 4 is 23.2 Å². The van der Waals surface area contributed by atoms with Gasteiger partial charge in [0.1, 0.15) is 11.5 Å². The number of amides is 2. The highest BCUT2D eigenvalue weighted by molar-refractivity contribution is 7.14. The summed E-state index contributed by atoms with van der Waals surface area (Å²) < 4.78 is 5.22. The Morgan fingerprint density at radius 2 is 1.55 bits per heavy atom. The third-order valence-corrected chi connectivity index (χ3v) is 6.56. The van der Waals surface area contributed by atoms with Gasteiger partial charge in [-0.1, -0.05) is 24.3 Å². The molecule has 2 heterocycles. The standard InChI is InChI=1S/C24H24N2O4S/c1-16-20(17-7-9-18(30-2)10-8-17)15-22(31-16)24(29)26-13-11-25(12-14-26)23(28)19-5-3-4-6-21(19)27/h3-10,15,27H,11-14H2,1-2H3. The van der Waals surface area contributed by atoms with Crippen LogP contribution < -0.4 is 4.74 Å². The van der Waals surface area contributed by atoms with Crippen molar-refractivity contribution in [3.05, 3.63) is 69.9 Å². The van der Waals surface area contributed by atoms with Gasteiger partial charge in [0, 0.05) is 31.1 Å². The zero-order valence-corrected chi connectivity index (χ0v) is 18.3. The Morgan fingerprint density at radius 3 is 2.16 bits per heavy atom. The summed E-state index contributed by atoms with van der Waals surface area (Å²) >= 11 is 1.49. The number of thiophene rings is 1. The van der Waals surface area contributed by atoms with Crippen LogP contribution in [0.4, 0.5) is 0 Å². The molecule has 2 amide bonds. The van der Waals surface area contributed by atoms with E-state index in [0.29, 0.717) is 36.6 Å². The summed E-state index contributed by atoms with van der Waals surface area (Å²) in [6.45, 7) is 3.83. The van der Waals surface area contributed by atoms with Crippen LogP contribution >= 0.6 is 11.3 Å². The van der Waals surface area contributed by atoms with Gasteiger partial charge in [0.15, 0.2) is 0 Å². The van der Waals surface area contributed by atoms with Crippen LogP contribution in [0.3, 0.4) is 0 Å². The summed E-state index contributed by atoms with van der Waals surface area (Å²) in [5.41, 5.74) is 2.39. The first-order valence-corrected chi connectivity index (χ1v) is 10.9. The van der Waals surface area contributed by atoms with Gasteiger partial charge in [0.25, 0.3) is 11.8 Å². The molecule has 0 saturated carbocycles. The second kappa shape index (κ2) is 8.81. The fourth-order valence-corrected chi connectivity index (χ4v) is 4.75. The molecular weight excluding hydrogens is 412 g/mol. The van der Waals surface area contributed by atoms with Crippen molar-refractivity contribution in [2.75, 3.05) is 33.3 Å². The molecule has 1 saturated heterocycles. The predicted molar refractivity (Wildman–Crippen MR) is 121 cm³/mol. The van der Waals surface area contributed by atoms with Crippen molar-refractivity contribution in [1.29, 1.82) is 0 Å². The molecule has 6 nitrogen and oxygen atoms in total. The van der Waals surface area contributed by atoms with Gasteiger partial charge in [0.2, 0.25) is 0 Å². The minimum absolute atomic E-state index is 0.0116. The predicted octanol–water partition coefficient (Wildman–Crippen LogP) is 4.04. The third kappa shape index (κ3) is 4.27. The molecule has 7 heteroatoms. The highest BCUT2D eigenvalue weighted by Gasteiger charge is 2.27. The summed E-state index contributed by atoms with van der Waals surface area (Å²) in [7, 11) is 1.64. The highest BCUT2D eigenvalue weighted by Crippen LogP contribution is 2.33. The fraction of sp³-hybridized carbons (Fsp3) is 0.250. The lowest BCUT2D eigenvalue weighted by atomic mass is 10.1. The summed E-state index contributed by atoms with van der Waals surface area (Å²) in [5, 5.41) is 9.93. The largest absolute Gasteiger partial charge is 0.507 e. The molecule has 0 spiro atoms. The first kappa shape index (κ1) is 20.9. The number of hydrogen-bond donors (Lipinski definition) is 1. The number of nitrogens with zero attached hydrogens (tertiary/aromatic N) is 2. The van der Waals surface area contributed by atoms with Crippen LogP contribution in [-0.4, -0.2) is 60.0 Å². The summed E-state index contributed by atoms with van der Waals surface area (Å²) in [4.78, 5) is 31.0. The van der Waals surface area contributed by atoms with Crippen molar-refractivity contribution in [2.24, 2.45) is 0 Å². The van der Waals surface area contributed by atoms with Gasteiger partial charge >= 0.3 is 0 Å². The van der Waals surface area contributed by atoms with Crippen molar-refractivity contribution in [3.8, 4) is 22.6 Å². The molecule has 0 radical (unpaired) electrons. The maximum absolute atomic E-state index is 13.1. The topological polar surface area (TPSA) is 70.1 Å². The van der Waals surface area contributed by atoms with E-state index in [4.69, 9.17) is 4.74 Å². The van der Waals surface area contributed by atoms with E-state index in [1.54, 1.807) is 35.1 Å². The molecule has 0 bridgehead atoms. The Labute approximate surface area is 185 Å². The molecule has 0 aliphatic carbocycles. The maximum Gasteiger partial charge on any atom is 0.264 e. The van der Waals surface area contributed by atoms with E-state index in [1.165, 1.54) is 17.4 Å². The number of aromatic hydroxyl groups is 1. The van der Waals surface area contributed by atoms with Crippen LogP contribution in [0.25, 0.3) is 11.1 Å². The normalized spacial score (nSPS) is 13.9. The molecule has 4 rings (SSSR count). The fourth-order valence-electron chi connectivity index (χ4n) is 3.74. The number of hydrogen-bond acceptors (Lipinski definition) is 5. The van der Waals surface area contributed by atoms with E-state index in [0.717, 1.165) is 21.8 Å². The minimum Gasteiger partial charge on any atom is -0.507 e. The number of para-hydroxylation sites is 1. The molecule has 1 aliphatic rings. The number of carbonyl (C=O) groups excluding carboxylic acids is 2. The van der Waals surface area contributed by atoms with Gasteiger partial charge in [-0.3, -0.25) is 9.59 Å². The van der Waals surface area contributed by atoms with Gasteiger partial charge in [-0.05, 0) is 48.4 Å². The van der Waals surface area contributed by atoms with Gasteiger partial charge in [-0.25, -0.2) is 0 Å². The third-order valence-electron chi connectivity index (χ3n) is 5.52. The second-order valence-corrected chi connectivity index (χ2v) is 8.67. The number of methoxy groups -OCH3 is 1. The zero-order valence-electron chi connectivity index (χ0n) is 17.5. The van der Waals surface area contributed by atoms with E-state index >= 15 is 0 Å². The van der Waals surface area contributed by atoms with Gasteiger partial charge in [-0.2, -0.15) is 0 Å². The molecule has 0 unspecified atom stereocenters. The number of phenols is 1. The molecule has 1 N–H and O–H groups in total. The molecule has 1 aromatic heterocycles. The van der Waals surface area contributed by atoms with Crippen molar-refractivity contribution in [3.63, 3.8) is 0 Å². The van der Waals surface area contributed by atoms with Crippen molar-refractivity contribution in [2.45, 2.75) is 6.92 Å². The molecule has 1 fully saturated rings. The lowest BCUT2D eigenvalue weighted by Gasteiger charge is -2.34. The molecular formula is C24H24N2O4S. The van der Waals surface area contributed by atoms with E-state index in [-0.39, 0.29) is 17.6 Å². The van der Waals surface area contributed by atoms with Crippen molar-refractivity contribution < 1.29 is 19.4 Å². The van der Waals surface area contributed by atoms with Crippen LogP contribution in [0.1, 0.15) is 24.9 Å². The van der Waals surface area contributed by atoms with Crippen LogP contribution in [0.2, 0.25) is 0 Å². The average molecular weight is 437 g/mol. The van der Waals surface area contributed by atoms with Crippen LogP contribution in [-0.2, 0) is 0 Å². The molecule has 160 valence electrons. The number of aryl methyl sites for hydroxylation is 1. The van der Waals surface area contributed by atoms with Crippen molar-refractivity contribution in [1.82, 2.24) is 9.80 Å². The van der Waals surface area contributed by atoms with E-state index in [1.807, 2.05) is 37.3 Å². The molecule has 0 atom stereocenters.